The van der Waals surface area contributed by atoms with E-state index in [9.17, 15) is 18.0 Å². The monoisotopic (exact) mass is 387 g/mol. The molecule has 0 radical (unpaired) electrons. The summed E-state index contributed by atoms with van der Waals surface area (Å²) in [5.41, 5.74) is 0.266. The summed E-state index contributed by atoms with van der Waals surface area (Å²) in [7, 11) is 0. The third kappa shape index (κ3) is 5.07. The number of nitrogens with zero attached hydrogens (tertiary/aromatic N) is 1. The normalized spacial score (nSPS) is 16.3. The van der Waals surface area contributed by atoms with Crippen LogP contribution in [0.15, 0.2) is 67.0 Å². The molecule has 3 aromatic rings. The minimum absolute atomic E-state index is 0.0853. The molecular formula is C21H20F3N3O. The zero-order chi connectivity index (χ0) is 20.0. The van der Waals surface area contributed by atoms with E-state index < -0.39 is 11.7 Å². The second-order valence-corrected chi connectivity index (χ2v) is 6.45. The number of carbonyl (C=O) groups is 1. The number of fused-ring (bicyclic) bond motifs is 1. The molecule has 1 aliphatic rings. The first kappa shape index (κ1) is 19.8. The minimum atomic E-state index is -4.21. The smallest absolute Gasteiger partial charge is 0.325 e. The molecule has 1 aromatic heterocycles. The predicted octanol–water partition coefficient (Wildman–Crippen LogP) is 4.49. The lowest BCUT2D eigenvalue weighted by atomic mass is 10.1. The van der Waals surface area contributed by atoms with Crippen molar-refractivity contribution in [1.29, 1.82) is 0 Å². The highest BCUT2D eigenvalue weighted by molar-refractivity contribution is 6.02. The number of carbonyl (C=O) groups excluding carboxylic acids is 1. The van der Waals surface area contributed by atoms with Crippen LogP contribution < -0.4 is 10.6 Å². The number of anilines is 1. The fourth-order valence-corrected chi connectivity index (χ4v) is 2.97. The van der Waals surface area contributed by atoms with Gasteiger partial charge in [0.2, 0.25) is 5.91 Å². The summed E-state index contributed by atoms with van der Waals surface area (Å²) >= 11 is 0. The van der Waals surface area contributed by atoms with Gasteiger partial charge in [0, 0.05) is 35.4 Å². The topological polar surface area (TPSA) is 54.0 Å². The van der Waals surface area contributed by atoms with E-state index in [0.717, 1.165) is 48.1 Å². The Balaban J connectivity index is 0.000000192. The second kappa shape index (κ2) is 8.84. The van der Waals surface area contributed by atoms with Crippen molar-refractivity contribution in [3.05, 3.63) is 72.6 Å². The highest BCUT2D eigenvalue weighted by Gasteiger charge is 2.29. The van der Waals surface area contributed by atoms with Gasteiger partial charge in [0.15, 0.2) is 0 Å². The molecule has 4 rings (SSSR count). The fourth-order valence-electron chi connectivity index (χ4n) is 2.97. The van der Waals surface area contributed by atoms with Gasteiger partial charge in [-0.25, -0.2) is 0 Å². The molecule has 0 aliphatic carbocycles. The first-order valence-corrected chi connectivity index (χ1v) is 8.92. The maximum absolute atomic E-state index is 12.1. The van der Waals surface area contributed by atoms with E-state index in [2.05, 4.69) is 15.6 Å². The Morgan fingerprint density at radius 1 is 1.07 bits per heavy atom. The van der Waals surface area contributed by atoms with E-state index in [1.807, 2.05) is 30.5 Å². The highest BCUT2D eigenvalue weighted by atomic mass is 19.4. The van der Waals surface area contributed by atoms with E-state index in [-0.39, 0.29) is 11.8 Å². The highest BCUT2D eigenvalue weighted by Crippen LogP contribution is 2.28. The van der Waals surface area contributed by atoms with Crippen LogP contribution in [-0.4, -0.2) is 24.0 Å². The standard InChI is InChI=1S/C14H15N3O.C7H5F3/c18-14(11-4-6-15-9-11)17-13-3-1-2-10-8-16-7-5-12(10)13;8-7(9,10)6-4-2-1-3-5-6/h1-3,5,7-8,11,15H,4,6,9H2,(H,17,18);1-5H/t11-;/m1./s1. The molecule has 28 heavy (non-hydrogen) atoms. The van der Waals surface area contributed by atoms with E-state index in [4.69, 9.17) is 0 Å². The second-order valence-electron chi connectivity index (χ2n) is 6.45. The Morgan fingerprint density at radius 2 is 1.86 bits per heavy atom. The van der Waals surface area contributed by atoms with E-state index >= 15 is 0 Å². The van der Waals surface area contributed by atoms with Crippen molar-refractivity contribution in [3.63, 3.8) is 0 Å². The van der Waals surface area contributed by atoms with Crippen LogP contribution in [0.3, 0.4) is 0 Å². The maximum Gasteiger partial charge on any atom is 0.416 e. The van der Waals surface area contributed by atoms with Crippen LogP contribution in [0, 0.1) is 5.92 Å². The van der Waals surface area contributed by atoms with Crippen molar-refractivity contribution in [1.82, 2.24) is 10.3 Å². The molecule has 1 fully saturated rings. The zero-order valence-electron chi connectivity index (χ0n) is 15.0. The average Bonchev–Trinajstić information content (AvgIpc) is 3.24. The van der Waals surface area contributed by atoms with Crippen LogP contribution in [-0.2, 0) is 11.0 Å². The van der Waals surface area contributed by atoms with Crippen molar-refractivity contribution in [2.75, 3.05) is 18.4 Å². The van der Waals surface area contributed by atoms with Crippen molar-refractivity contribution >= 4 is 22.4 Å². The van der Waals surface area contributed by atoms with Crippen molar-refractivity contribution in [2.24, 2.45) is 5.92 Å². The molecule has 146 valence electrons. The third-order valence-corrected chi connectivity index (χ3v) is 4.47. The number of nitrogens with one attached hydrogen (secondary N) is 2. The molecule has 1 aliphatic heterocycles. The number of pyridine rings is 1. The molecule has 1 atom stereocenters. The fraction of sp³-hybridized carbons (Fsp3) is 0.238. The van der Waals surface area contributed by atoms with E-state index in [0.29, 0.717) is 0 Å². The van der Waals surface area contributed by atoms with Gasteiger partial charge in [-0.1, -0.05) is 42.5 Å². The number of rotatable bonds is 2. The van der Waals surface area contributed by atoms with Crippen molar-refractivity contribution in [3.8, 4) is 0 Å². The summed E-state index contributed by atoms with van der Waals surface area (Å²) in [4.78, 5) is 16.2. The summed E-state index contributed by atoms with van der Waals surface area (Å²) in [5, 5.41) is 8.30. The Morgan fingerprint density at radius 3 is 2.50 bits per heavy atom. The number of benzene rings is 2. The summed E-state index contributed by atoms with van der Waals surface area (Å²) in [6, 6.07) is 14.2. The molecule has 0 spiro atoms. The Hall–Kier alpha value is -2.93. The van der Waals surface area contributed by atoms with Gasteiger partial charge in [-0.3, -0.25) is 9.78 Å². The molecule has 2 heterocycles. The van der Waals surface area contributed by atoms with Gasteiger partial charge in [-0.15, -0.1) is 0 Å². The van der Waals surface area contributed by atoms with Crippen LogP contribution in [0.4, 0.5) is 18.9 Å². The summed E-state index contributed by atoms with van der Waals surface area (Å²) in [6.45, 7) is 1.70. The quantitative estimate of drug-likeness (QED) is 0.681. The molecule has 7 heteroatoms. The molecular weight excluding hydrogens is 367 g/mol. The lowest BCUT2D eigenvalue weighted by molar-refractivity contribution is -0.137. The SMILES string of the molecule is FC(F)(F)c1ccccc1.O=C(Nc1cccc2cnccc12)[C@@H]1CCNC1. The Bertz CT molecular complexity index is 918. The number of halogens is 3. The van der Waals surface area contributed by atoms with Gasteiger partial charge < -0.3 is 10.6 Å². The maximum atomic E-state index is 12.1. The van der Waals surface area contributed by atoms with Gasteiger partial charge >= 0.3 is 6.18 Å². The van der Waals surface area contributed by atoms with Gasteiger partial charge in [0.05, 0.1) is 11.5 Å². The van der Waals surface area contributed by atoms with Gasteiger partial charge in [0.1, 0.15) is 0 Å². The first-order chi connectivity index (χ1) is 13.4. The molecule has 1 saturated heterocycles. The Labute approximate surface area is 160 Å². The average molecular weight is 387 g/mol. The van der Waals surface area contributed by atoms with Gasteiger partial charge in [-0.2, -0.15) is 13.2 Å². The number of amides is 1. The zero-order valence-corrected chi connectivity index (χ0v) is 15.0. The summed E-state index contributed by atoms with van der Waals surface area (Å²) in [5.74, 6) is 0.186. The largest absolute Gasteiger partial charge is 0.416 e. The minimum Gasteiger partial charge on any atom is -0.325 e. The number of hydrogen-bond donors (Lipinski definition) is 2. The molecule has 4 nitrogen and oxygen atoms in total. The molecule has 0 unspecified atom stereocenters. The predicted molar refractivity (Wildman–Crippen MR) is 103 cm³/mol. The molecule has 1 amide bonds. The van der Waals surface area contributed by atoms with E-state index in [1.54, 1.807) is 12.3 Å². The van der Waals surface area contributed by atoms with E-state index in [1.165, 1.54) is 12.1 Å². The van der Waals surface area contributed by atoms with Crippen LogP contribution in [0.5, 0.6) is 0 Å². The van der Waals surface area contributed by atoms with Crippen LogP contribution in [0.1, 0.15) is 12.0 Å². The van der Waals surface area contributed by atoms with Crippen LogP contribution >= 0.6 is 0 Å². The summed E-state index contributed by atoms with van der Waals surface area (Å²) in [6.07, 6.45) is 0.261. The third-order valence-electron chi connectivity index (χ3n) is 4.47. The first-order valence-electron chi connectivity index (χ1n) is 8.92. The summed E-state index contributed by atoms with van der Waals surface area (Å²) < 4.78 is 35.4. The number of aromatic nitrogens is 1. The van der Waals surface area contributed by atoms with Crippen LogP contribution in [0.2, 0.25) is 0 Å². The Kier molecular flexibility index (Phi) is 6.26. The molecule has 0 bridgehead atoms. The van der Waals surface area contributed by atoms with Crippen LogP contribution in [0.25, 0.3) is 10.8 Å². The number of alkyl halides is 3. The van der Waals surface area contributed by atoms with Crippen molar-refractivity contribution < 1.29 is 18.0 Å². The molecule has 2 N–H and O–H groups in total. The number of hydrogen-bond acceptors (Lipinski definition) is 3. The molecule has 0 saturated carbocycles. The van der Waals surface area contributed by atoms with Gasteiger partial charge in [-0.05, 0) is 25.1 Å². The molecule has 2 aromatic carbocycles. The van der Waals surface area contributed by atoms with Crippen molar-refractivity contribution in [2.45, 2.75) is 12.6 Å². The lowest BCUT2D eigenvalue weighted by Gasteiger charge is -2.11. The lowest BCUT2D eigenvalue weighted by Crippen LogP contribution is -2.24. The van der Waals surface area contributed by atoms with Gasteiger partial charge in [0.25, 0.3) is 0 Å².